The molecule has 0 aliphatic rings. The van der Waals surface area contributed by atoms with Crippen molar-refractivity contribution in [1.29, 1.82) is 0 Å². The van der Waals surface area contributed by atoms with Crippen LogP contribution in [0, 0.1) is 27.7 Å². The van der Waals surface area contributed by atoms with Gasteiger partial charge in [-0.2, -0.15) is 0 Å². The summed E-state index contributed by atoms with van der Waals surface area (Å²) < 4.78 is 11.1. The maximum Gasteiger partial charge on any atom is 0.340 e. The van der Waals surface area contributed by atoms with Gasteiger partial charge in [-0.15, -0.1) is 10.2 Å². The number of fused-ring (bicyclic) bond motifs is 2. The molecule has 138 valence electrons. The van der Waals surface area contributed by atoms with E-state index in [1.807, 2.05) is 26.8 Å². The van der Waals surface area contributed by atoms with Crippen LogP contribution in [-0.2, 0) is 11.2 Å². The molecule has 27 heavy (non-hydrogen) atoms. The second-order valence-electron chi connectivity index (χ2n) is 6.52. The van der Waals surface area contributed by atoms with Crippen molar-refractivity contribution in [2.45, 2.75) is 34.1 Å². The first-order valence-corrected chi connectivity index (χ1v) is 9.20. The van der Waals surface area contributed by atoms with E-state index in [1.165, 1.54) is 11.3 Å². The van der Waals surface area contributed by atoms with Crippen molar-refractivity contribution in [2.24, 2.45) is 0 Å². The number of benzene rings is 1. The third-order valence-electron chi connectivity index (χ3n) is 4.65. The van der Waals surface area contributed by atoms with Gasteiger partial charge in [0.25, 0.3) is 0 Å². The van der Waals surface area contributed by atoms with Crippen LogP contribution in [0.2, 0.25) is 0 Å². The van der Waals surface area contributed by atoms with Crippen LogP contribution in [0.3, 0.4) is 0 Å². The average Bonchev–Trinajstić information content (AvgIpc) is 3.19. The van der Waals surface area contributed by atoms with E-state index in [1.54, 1.807) is 13.2 Å². The Balaban J connectivity index is 1.79. The van der Waals surface area contributed by atoms with Crippen LogP contribution in [0.5, 0.6) is 0 Å². The number of aromatic nitrogens is 2. The molecule has 3 heterocycles. The number of carbonyl (C=O) groups is 1. The van der Waals surface area contributed by atoms with Gasteiger partial charge >= 0.3 is 5.63 Å². The van der Waals surface area contributed by atoms with E-state index in [9.17, 15) is 9.59 Å². The summed E-state index contributed by atoms with van der Waals surface area (Å²) in [6.07, 6.45) is 1.59. The van der Waals surface area contributed by atoms with E-state index in [2.05, 4.69) is 15.5 Å². The molecule has 1 aromatic carbocycles. The molecule has 0 atom stereocenters. The highest BCUT2D eigenvalue weighted by molar-refractivity contribution is 7.15. The SMILES string of the molecule is Cc1nnc(NC(=O)Cc2c(C)c3cc4c(C)coc4c(C)c3oc2=O)s1. The van der Waals surface area contributed by atoms with Crippen LogP contribution >= 0.6 is 11.3 Å². The lowest BCUT2D eigenvalue weighted by Gasteiger charge is -2.09. The zero-order valence-electron chi connectivity index (χ0n) is 15.3. The highest BCUT2D eigenvalue weighted by Gasteiger charge is 2.19. The third kappa shape index (κ3) is 2.91. The van der Waals surface area contributed by atoms with Gasteiger partial charge in [0.05, 0.1) is 18.2 Å². The molecule has 4 aromatic rings. The van der Waals surface area contributed by atoms with Gasteiger partial charge in [0.15, 0.2) is 0 Å². The highest BCUT2D eigenvalue weighted by atomic mass is 32.1. The molecule has 0 bridgehead atoms. The average molecular weight is 383 g/mol. The summed E-state index contributed by atoms with van der Waals surface area (Å²) in [6, 6.07) is 1.95. The Bertz CT molecular complexity index is 1270. The number of nitrogens with one attached hydrogen (secondary N) is 1. The molecule has 0 unspecified atom stereocenters. The first kappa shape index (κ1) is 17.4. The first-order valence-electron chi connectivity index (χ1n) is 8.38. The third-order valence-corrected chi connectivity index (χ3v) is 5.40. The van der Waals surface area contributed by atoms with E-state index in [4.69, 9.17) is 8.83 Å². The normalized spacial score (nSPS) is 11.4. The smallest absolute Gasteiger partial charge is 0.340 e. The fourth-order valence-electron chi connectivity index (χ4n) is 3.19. The molecule has 7 nitrogen and oxygen atoms in total. The molecule has 4 rings (SSSR count). The predicted octanol–water partition coefficient (Wildman–Crippen LogP) is 3.81. The summed E-state index contributed by atoms with van der Waals surface area (Å²) in [5, 5.41) is 13.3. The fraction of sp³-hybridized carbons (Fsp3) is 0.263. The molecule has 0 saturated heterocycles. The van der Waals surface area contributed by atoms with Crippen molar-refractivity contribution in [3.8, 4) is 0 Å². The van der Waals surface area contributed by atoms with Gasteiger partial charge in [-0.1, -0.05) is 11.3 Å². The Morgan fingerprint density at radius 1 is 1.11 bits per heavy atom. The van der Waals surface area contributed by atoms with E-state index < -0.39 is 5.63 Å². The minimum Gasteiger partial charge on any atom is -0.464 e. The molecule has 0 spiro atoms. The van der Waals surface area contributed by atoms with E-state index in [0.29, 0.717) is 21.9 Å². The van der Waals surface area contributed by atoms with Crippen molar-refractivity contribution in [3.63, 3.8) is 0 Å². The van der Waals surface area contributed by atoms with Crippen LogP contribution in [0.4, 0.5) is 5.13 Å². The fourth-order valence-corrected chi connectivity index (χ4v) is 3.80. The quantitative estimate of drug-likeness (QED) is 0.540. The maximum absolute atomic E-state index is 12.5. The standard InChI is InChI=1S/C19H17N3O4S/c1-8-7-25-16-10(3)17-13(5-12(8)16)9(2)14(18(24)26-17)6-15(23)20-19-22-21-11(4)27-19/h5,7H,6H2,1-4H3,(H,20,22,23). The molecular weight excluding hydrogens is 366 g/mol. The van der Waals surface area contributed by atoms with E-state index in [0.717, 1.165) is 32.5 Å². The molecule has 1 N–H and O–H groups in total. The van der Waals surface area contributed by atoms with Crippen LogP contribution in [0.15, 0.2) is 26.0 Å². The van der Waals surface area contributed by atoms with Gasteiger partial charge in [0.2, 0.25) is 11.0 Å². The number of carbonyl (C=O) groups excluding carboxylic acids is 1. The molecule has 0 fully saturated rings. The number of rotatable bonds is 3. The minimum atomic E-state index is -0.519. The molecule has 1 amide bonds. The van der Waals surface area contributed by atoms with E-state index in [-0.39, 0.29) is 12.3 Å². The Hall–Kier alpha value is -3.00. The summed E-state index contributed by atoms with van der Waals surface area (Å²) >= 11 is 1.28. The summed E-state index contributed by atoms with van der Waals surface area (Å²) in [5.74, 6) is -0.335. The van der Waals surface area contributed by atoms with Crippen molar-refractivity contribution < 1.29 is 13.6 Å². The number of hydrogen-bond acceptors (Lipinski definition) is 7. The van der Waals surface area contributed by atoms with Crippen LogP contribution in [0.1, 0.15) is 27.3 Å². The molecule has 3 aromatic heterocycles. The number of aryl methyl sites for hydroxylation is 4. The zero-order valence-corrected chi connectivity index (χ0v) is 16.1. The van der Waals surface area contributed by atoms with Crippen molar-refractivity contribution >= 4 is 44.3 Å². The van der Waals surface area contributed by atoms with Crippen LogP contribution in [0.25, 0.3) is 21.9 Å². The number of anilines is 1. The second-order valence-corrected chi connectivity index (χ2v) is 7.70. The Kier molecular flexibility index (Phi) is 4.07. The number of amides is 1. The van der Waals surface area contributed by atoms with Gasteiger partial charge in [0, 0.05) is 16.3 Å². The summed E-state index contributed by atoms with van der Waals surface area (Å²) in [5.41, 5.74) is 3.52. The highest BCUT2D eigenvalue weighted by Crippen LogP contribution is 2.32. The lowest BCUT2D eigenvalue weighted by Crippen LogP contribution is -2.20. The summed E-state index contributed by atoms with van der Waals surface area (Å²) in [4.78, 5) is 24.9. The lowest BCUT2D eigenvalue weighted by atomic mass is 9.99. The van der Waals surface area contributed by atoms with Crippen LogP contribution in [-0.4, -0.2) is 16.1 Å². The monoisotopic (exact) mass is 383 g/mol. The van der Waals surface area contributed by atoms with Crippen molar-refractivity contribution in [2.75, 3.05) is 5.32 Å². The number of nitrogens with zero attached hydrogens (tertiary/aromatic N) is 2. The predicted molar refractivity (Wildman–Crippen MR) is 103 cm³/mol. The Morgan fingerprint density at radius 2 is 1.89 bits per heavy atom. The zero-order chi connectivity index (χ0) is 19.3. The molecule has 8 heteroatoms. The summed E-state index contributed by atoms with van der Waals surface area (Å²) in [7, 11) is 0. The summed E-state index contributed by atoms with van der Waals surface area (Å²) in [6.45, 7) is 7.46. The Morgan fingerprint density at radius 3 is 2.59 bits per heavy atom. The largest absolute Gasteiger partial charge is 0.464 e. The van der Waals surface area contributed by atoms with Gasteiger partial charge in [0.1, 0.15) is 16.2 Å². The first-order chi connectivity index (χ1) is 12.8. The molecule has 0 aliphatic carbocycles. The van der Waals surface area contributed by atoms with Gasteiger partial charge < -0.3 is 14.2 Å². The van der Waals surface area contributed by atoms with Gasteiger partial charge in [-0.3, -0.25) is 4.79 Å². The second kappa shape index (κ2) is 6.31. The van der Waals surface area contributed by atoms with Crippen molar-refractivity contribution in [1.82, 2.24) is 10.2 Å². The van der Waals surface area contributed by atoms with Crippen molar-refractivity contribution in [3.05, 3.63) is 50.0 Å². The molecular formula is C19H17N3O4S. The topological polar surface area (TPSA) is 98.2 Å². The van der Waals surface area contributed by atoms with E-state index >= 15 is 0 Å². The number of hydrogen-bond donors (Lipinski definition) is 1. The molecule has 0 radical (unpaired) electrons. The number of furan rings is 1. The Labute approximate surface area is 158 Å². The molecule has 0 saturated carbocycles. The minimum absolute atomic E-state index is 0.0931. The van der Waals surface area contributed by atoms with Gasteiger partial charge in [-0.05, 0) is 44.9 Å². The van der Waals surface area contributed by atoms with Crippen LogP contribution < -0.4 is 10.9 Å². The maximum atomic E-state index is 12.5. The molecule has 0 aliphatic heterocycles. The lowest BCUT2D eigenvalue weighted by molar-refractivity contribution is -0.115. The van der Waals surface area contributed by atoms with Gasteiger partial charge in [-0.25, -0.2) is 4.79 Å².